The van der Waals surface area contributed by atoms with Crippen LogP contribution in [0.4, 0.5) is 5.69 Å². The molecule has 0 aliphatic carbocycles. The molecule has 0 saturated heterocycles. The molecule has 19 heavy (non-hydrogen) atoms. The molecule has 1 radical (unpaired) electrons. The second-order valence-electron chi connectivity index (χ2n) is 4.36. The largest absolute Gasteiger partial charge is 0.306 e. The summed E-state index contributed by atoms with van der Waals surface area (Å²) in [7, 11) is 0. The Hall–Kier alpha value is -2.13. The highest BCUT2D eigenvalue weighted by Gasteiger charge is 2.16. The van der Waals surface area contributed by atoms with Crippen molar-refractivity contribution < 1.29 is 9.90 Å². The molecule has 0 unspecified atom stereocenters. The van der Waals surface area contributed by atoms with Gasteiger partial charge in [-0.15, -0.1) is 0 Å². The molecular weight excluding hydrogens is 238 g/mol. The van der Waals surface area contributed by atoms with Crippen LogP contribution in [-0.2, 0) is 5.11 Å². The average molecular weight is 254 g/mol. The van der Waals surface area contributed by atoms with Crippen LogP contribution in [0.3, 0.4) is 0 Å². The summed E-state index contributed by atoms with van der Waals surface area (Å²) in [6, 6.07) is 16.6. The molecule has 0 atom stereocenters. The summed E-state index contributed by atoms with van der Waals surface area (Å²) in [5.41, 5.74) is 2.48. The molecule has 2 aromatic carbocycles. The Morgan fingerprint density at radius 2 is 1.63 bits per heavy atom. The van der Waals surface area contributed by atoms with Crippen molar-refractivity contribution in [2.24, 2.45) is 0 Å². The van der Waals surface area contributed by atoms with Crippen molar-refractivity contribution in [3.8, 4) is 0 Å². The minimum atomic E-state index is -0.313. The third kappa shape index (κ3) is 3.20. The van der Waals surface area contributed by atoms with Gasteiger partial charge in [0.1, 0.15) is 6.61 Å². The van der Waals surface area contributed by atoms with Crippen molar-refractivity contribution in [3.05, 3.63) is 65.7 Å². The molecule has 0 saturated carbocycles. The van der Waals surface area contributed by atoms with Gasteiger partial charge in [-0.3, -0.25) is 4.79 Å². The number of hydrogen-bond donors (Lipinski definition) is 0. The summed E-state index contributed by atoms with van der Waals surface area (Å²) in [6.07, 6.45) is 0. The Labute approximate surface area is 113 Å². The van der Waals surface area contributed by atoms with Gasteiger partial charge in [-0.1, -0.05) is 35.9 Å². The first kappa shape index (κ1) is 13.3. The van der Waals surface area contributed by atoms with Crippen LogP contribution in [0, 0.1) is 6.92 Å². The Morgan fingerprint density at radius 3 is 2.21 bits per heavy atom. The number of aryl methyl sites for hydroxylation is 1. The SMILES string of the molecule is Cc1ccc(N(CC[O])C(=O)c2ccccc2)cc1. The Morgan fingerprint density at radius 1 is 1.00 bits per heavy atom. The molecule has 0 aliphatic heterocycles. The fourth-order valence-electron chi connectivity index (χ4n) is 1.90. The fraction of sp³-hybridized carbons (Fsp3) is 0.188. The van der Waals surface area contributed by atoms with Crippen molar-refractivity contribution in [2.75, 3.05) is 18.1 Å². The maximum Gasteiger partial charge on any atom is 0.258 e. The van der Waals surface area contributed by atoms with Crippen LogP contribution in [0.25, 0.3) is 0 Å². The van der Waals surface area contributed by atoms with Gasteiger partial charge >= 0.3 is 0 Å². The zero-order valence-electron chi connectivity index (χ0n) is 10.9. The lowest BCUT2D eigenvalue weighted by Crippen LogP contribution is -2.33. The molecule has 0 bridgehead atoms. The molecule has 1 amide bonds. The summed E-state index contributed by atoms with van der Waals surface area (Å²) in [6.45, 7) is 1.85. The van der Waals surface area contributed by atoms with Gasteiger partial charge in [0.25, 0.3) is 5.91 Å². The van der Waals surface area contributed by atoms with Crippen LogP contribution in [0.2, 0.25) is 0 Å². The van der Waals surface area contributed by atoms with Crippen LogP contribution in [-0.4, -0.2) is 19.1 Å². The smallest absolute Gasteiger partial charge is 0.258 e. The van der Waals surface area contributed by atoms with E-state index in [2.05, 4.69) is 0 Å². The highest BCUT2D eigenvalue weighted by molar-refractivity contribution is 6.06. The van der Waals surface area contributed by atoms with Gasteiger partial charge in [0.15, 0.2) is 0 Å². The third-order valence-electron chi connectivity index (χ3n) is 2.93. The molecule has 0 fully saturated rings. The van der Waals surface area contributed by atoms with Crippen molar-refractivity contribution in [1.29, 1.82) is 0 Å². The van der Waals surface area contributed by atoms with Crippen molar-refractivity contribution in [3.63, 3.8) is 0 Å². The minimum Gasteiger partial charge on any atom is -0.306 e. The predicted octanol–water partition coefficient (Wildman–Crippen LogP) is 3.07. The Balaban J connectivity index is 2.30. The molecule has 2 rings (SSSR count). The van der Waals surface area contributed by atoms with E-state index >= 15 is 0 Å². The van der Waals surface area contributed by atoms with Gasteiger partial charge in [0.05, 0.1) is 6.54 Å². The van der Waals surface area contributed by atoms with Gasteiger partial charge in [-0.2, -0.15) is 0 Å². The number of benzene rings is 2. The number of amides is 1. The van der Waals surface area contributed by atoms with Gasteiger partial charge in [0, 0.05) is 11.3 Å². The van der Waals surface area contributed by atoms with E-state index in [-0.39, 0.29) is 19.1 Å². The Bertz CT molecular complexity index is 534. The van der Waals surface area contributed by atoms with Crippen molar-refractivity contribution in [2.45, 2.75) is 6.92 Å². The summed E-state index contributed by atoms with van der Waals surface area (Å²) in [5.74, 6) is -0.139. The van der Waals surface area contributed by atoms with Crippen LogP contribution in [0.5, 0.6) is 0 Å². The molecular formula is C16H16NO2. The first-order chi connectivity index (χ1) is 9.22. The number of rotatable bonds is 4. The molecule has 0 spiro atoms. The van der Waals surface area contributed by atoms with E-state index in [0.29, 0.717) is 5.56 Å². The highest BCUT2D eigenvalue weighted by atomic mass is 16.3. The van der Waals surface area contributed by atoms with Gasteiger partial charge in [0.2, 0.25) is 0 Å². The number of carbonyl (C=O) groups excluding carboxylic acids is 1. The summed E-state index contributed by atoms with van der Waals surface area (Å²) >= 11 is 0. The summed E-state index contributed by atoms with van der Waals surface area (Å²) in [4.78, 5) is 13.9. The summed E-state index contributed by atoms with van der Waals surface area (Å²) < 4.78 is 0. The van der Waals surface area contributed by atoms with Crippen LogP contribution in [0.15, 0.2) is 54.6 Å². The van der Waals surface area contributed by atoms with Crippen LogP contribution < -0.4 is 4.90 Å². The molecule has 0 N–H and O–H groups in total. The monoisotopic (exact) mass is 254 g/mol. The normalized spacial score (nSPS) is 10.2. The zero-order chi connectivity index (χ0) is 13.7. The topological polar surface area (TPSA) is 40.2 Å². The van der Waals surface area contributed by atoms with E-state index in [1.807, 2.05) is 49.4 Å². The van der Waals surface area contributed by atoms with Gasteiger partial charge < -0.3 is 4.90 Å². The second kappa shape index (κ2) is 6.16. The number of carbonyl (C=O) groups is 1. The van der Waals surface area contributed by atoms with E-state index in [0.717, 1.165) is 11.3 Å². The van der Waals surface area contributed by atoms with Crippen LogP contribution in [0.1, 0.15) is 15.9 Å². The molecule has 0 aromatic heterocycles. The maximum atomic E-state index is 12.4. The summed E-state index contributed by atoms with van der Waals surface area (Å²) in [5, 5.41) is 10.9. The van der Waals surface area contributed by atoms with Crippen molar-refractivity contribution >= 4 is 11.6 Å². The number of anilines is 1. The third-order valence-corrected chi connectivity index (χ3v) is 2.93. The molecule has 97 valence electrons. The van der Waals surface area contributed by atoms with E-state index < -0.39 is 0 Å². The van der Waals surface area contributed by atoms with E-state index in [9.17, 15) is 9.90 Å². The molecule has 3 heteroatoms. The molecule has 0 heterocycles. The maximum absolute atomic E-state index is 12.4. The molecule has 3 nitrogen and oxygen atoms in total. The lowest BCUT2D eigenvalue weighted by atomic mass is 10.1. The van der Waals surface area contributed by atoms with E-state index in [1.165, 1.54) is 4.90 Å². The minimum absolute atomic E-state index is 0.139. The lowest BCUT2D eigenvalue weighted by molar-refractivity contribution is 0.0973. The first-order valence-electron chi connectivity index (χ1n) is 6.24. The number of nitrogens with zero attached hydrogens (tertiary/aromatic N) is 1. The van der Waals surface area contributed by atoms with Crippen molar-refractivity contribution in [1.82, 2.24) is 0 Å². The molecule has 0 aliphatic rings. The van der Waals surface area contributed by atoms with E-state index in [1.54, 1.807) is 12.1 Å². The predicted molar refractivity (Wildman–Crippen MR) is 74.9 cm³/mol. The Kier molecular flexibility index (Phi) is 4.31. The van der Waals surface area contributed by atoms with Crippen LogP contribution >= 0.6 is 0 Å². The quantitative estimate of drug-likeness (QED) is 0.826. The standard InChI is InChI=1S/C16H16NO2/c1-13-7-9-15(10-8-13)17(11-12-18)16(19)14-5-3-2-4-6-14/h2-10H,11-12H2,1H3. The van der Waals surface area contributed by atoms with E-state index in [4.69, 9.17) is 0 Å². The van der Waals surface area contributed by atoms with Gasteiger partial charge in [-0.05, 0) is 31.2 Å². The lowest BCUT2D eigenvalue weighted by Gasteiger charge is -2.21. The first-order valence-corrected chi connectivity index (χ1v) is 6.24. The zero-order valence-corrected chi connectivity index (χ0v) is 10.9. The fourth-order valence-corrected chi connectivity index (χ4v) is 1.90. The molecule has 2 aromatic rings. The average Bonchev–Trinajstić information content (AvgIpc) is 2.46. The number of hydrogen-bond acceptors (Lipinski definition) is 1. The highest BCUT2D eigenvalue weighted by Crippen LogP contribution is 2.17. The second-order valence-corrected chi connectivity index (χ2v) is 4.36. The van der Waals surface area contributed by atoms with Gasteiger partial charge in [-0.25, -0.2) is 5.11 Å².